The Morgan fingerprint density at radius 1 is 0.479 bits per heavy atom. The predicted molar refractivity (Wildman–Crippen MR) is 196 cm³/mol. The van der Waals surface area contributed by atoms with E-state index >= 15 is 0 Å². The summed E-state index contributed by atoms with van der Waals surface area (Å²) >= 11 is 1.77. The fraction of sp³-hybridized carbons (Fsp3) is 0.0930. The molecule has 7 aromatic rings. The molecule has 1 aliphatic carbocycles. The first kappa shape index (κ1) is 28.7. The van der Waals surface area contributed by atoms with Crippen molar-refractivity contribution in [3.05, 3.63) is 151 Å². The summed E-state index contributed by atoms with van der Waals surface area (Å²) in [5.41, 5.74) is 12.4. The third-order valence-electron chi connectivity index (χ3n) is 9.49. The number of ether oxygens (including phenoxy) is 1. The summed E-state index contributed by atoms with van der Waals surface area (Å²) in [7, 11) is 0. The molecule has 0 saturated carbocycles. The topological polar surface area (TPSA) is 47.9 Å². The zero-order valence-electron chi connectivity index (χ0n) is 26.6. The van der Waals surface area contributed by atoms with E-state index in [0.717, 1.165) is 33.6 Å². The van der Waals surface area contributed by atoms with Crippen LogP contribution in [0.3, 0.4) is 0 Å². The number of benzene rings is 6. The summed E-state index contributed by atoms with van der Waals surface area (Å²) in [5.74, 6) is 3.65. The highest BCUT2D eigenvalue weighted by Crippen LogP contribution is 2.58. The predicted octanol–water partition coefficient (Wildman–Crippen LogP) is 11.0. The van der Waals surface area contributed by atoms with E-state index in [4.69, 9.17) is 19.7 Å². The quantitative estimate of drug-likeness (QED) is 0.188. The average Bonchev–Trinajstić information content (AvgIpc) is 3.72. The maximum atomic E-state index is 6.20. The Balaban J connectivity index is 1.16. The average molecular weight is 638 g/mol. The number of hydrogen-bond acceptors (Lipinski definition) is 5. The molecular weight excluding hydrogens is 607 g/mol. The molecule has 0 saturated heterocycles. The van der Waals surface area contributed by atoms with Crippen molar-refractivity contribution in [3.8, 4) is 73.3 Å². The third-order valence-corrected chi connectivity index (χ3v) is 10.4. The highest BCUT2D eigenvalue weighted by Gasteiger charge is 2.41. The van der Waals surface area contributed by atoms with E-state index in [1.54, 1.807) is 11.8 Å². The summed E-state index contributed by atoms with van der Waals surface area (Å²) in [6, 6.07) is 48.7. The molecule has 230 valence electrons. The van der Waals surface area contributed by atoms with Gasteiger partial charge in [0.05, 0.1) is 4.90 Å². The van der Waals surface area contributed by atoms with Crippen LogP contribution in [0.25, 0.3) is 67.5 Å². The lowest BCUT2D eigenvalue weighted by Crippen LogP contribution is -2.17. The molecule has 0 atom stereocenters. The van der Waals surface area contributed by atoms with Gasteiger partial charge in [-0.3, -0.25) is 0 Å². The zero-order chi connectivity index (χ0) is 32.2. The number of thioether (sulfide) groups is 1. The summed E-state index contributed by atoms with van der Waals surface area (Å²) in [6.07, 6.45) is 0. The minimum Gasteiger partial charge on any atom is -0.481 e. The van der Waals surface area contributed by atoms with E-state index in [1.165, 1.54) is 38.3 Å². The van der Waals surface area contributed by atoms with Crippen LogP contribution in [-0.4, -0.2) is 20.9 Å². The normalized spacial score (nSPS) is 13.8. The molecule has 0 unspecified atom stereocenters. The second kappa shape index (κ2) is 11.3. The molecule has 48 heavy (non-hydrogen) atoms. The smallest absolute Gasteiger partial charge is 0.164 e. The summed E-state index contributed by atoms with van der Waals surface area (Å²) in [4.78, 5) is 16.3. The number of hydrogen-bond donors (Lipinski definition) is 0. The van der Waals surface area contributed by atoms with Gasteiger partial charge in [-0.2, -0.15) is 0 Å². The van der Waals surface area contributed by atoms with Gasteiger partial charge in [0.15, 0.2) is 17.5 Å². The summed E-state index contributed by atoms with van der Waals surface area (Å²) < 4.78 is 6.20. The van der Waals surface area contributed by atoms with E-state index in [1.807, 2.05) is 36.4 Å². The van der Waals surface area contributed by atoms with Crippen molar-refractivity contribution >= 4 is 11.8 Å². The molecule has 0 radical (unpaired) electrons. The molecule has 9 rings (SSSR count). The Kier molecular flexibility index (Phi) is 6.77. The largest absolute Gasteiger partial charge is 0.481 e. The van der Waals surface area contributed by atoms with E-state index in [9.17, 15) is 0 Å². The van der Waals surface area contributed by atoms with Crippen LogP contribution in [0.5, 0.6) is 5.75 Å². The number of fused-ring (bicyclic) bond motifs is 5. The number of rotatable bonds is 5. The first-order valence-electron chi connectivity index (χ1n) is 16.2. The highest BCUT2D eigenvalue weighted by molar-refractivity contribution is 7.99. The Labute approximate surface area is 284 Å². The maximum Gasteiger partial charge on any atom is 0.164 e. The Bertz CT molecular complexity index is 2330. The van der Waals surface area contributed by atoms with E-state index < -0.39 is 0 Å². The van der Waals surface area contributed by atoms with Gasteiger partial charge < -0.3 is 4.74 Å². The Hall–Kier alpha value is -5.52. The molecular formula is C43H31N3OS. The van der Waals surface area contributed by atoms with Crippen molar-refractivity contribution in [1.29, 1.82) is 0 Å². The van der Waals surface area contributed by atoms with Crippen molar-refractivity contribution in [3.63, 3.8) is 0 Å². The molecule has 0 amide bonds. The van der Waals surface area contributed by atoms with Gasteiger partial charge in [-0.1, -0.05) is 153 Å². The van der Waals surface area contributed by atoms with Gasteiger partial charge in [-0.25, -0.2) is 15.0 Å². The van der Waals surface area contributed by atoms with E-state index in [0.29, 0.717) is 23.4 Å². The van der Waals surface area contributed by atoms with Crippen molar-refractivity contribution in [2.45, 2.75) is 24.2 Å². The van der Waals surface area contributed by atoms with Gasteiger partial charge in [-0.05, 0) is 51.1 Å². The van der Waals surface area contributed by atoms with E-state index in [-0.39, 0.29) is 5.41 Å². The monoisotopic (exact) mass is 637 g/mol. The van der Waals surface area contributed by atoms with Crippen LogP contribution in [-0.2, 0) is 5.41 Å². The van der Waals surface area contributed by atoms with Gasteiger partial charge in [0.2, 0.25) is 0 Å². The molecule has 2 heterocycles. The van der Waals surface area contributed by atoms with Gasteiger partial charge >= 0.3 is 0 Å². The second-order valence-electron chi connectivity index (χ2n) is 12.8. The first-order valence-corrected chi connectivity index (χ1v) is 17.2. The van der Waals surface area contributed by atoms with Crippen LogP contribution in [0.1, 0.15) is 25.0 Å². The standard InChI is InChI=1S/C43H31N3OS/c1-43(2)37-33(17-10-18-34(37)35-23-24-36-39(38(35)43)47-26-48-36)31-15-9-16-32(25-31)42-45-40(29-13-7-4-8-14-29)44-41(46-42)30-21-19-28(20-22-30)27-11-5-3-6-12-27/h3-25H,26H2,1-2H3. The lowest BCUT2D eigenvalue weighted by atomic mass is 9.78. The maximum absolute atomic E-state index is 6.20. The van der Waals surface area contributed by atoms with Gasteiger partial charge in [0, 0.05) is 27.7 Å². The minimum atomic E-state index is -0.222. The summed E-state index contributed by atoms with van der Waals surface area (Å²) in [5, 5.41) is 0. The Morgan fingerprint density at radius 2 is 1.00 bits per heavy atom. The van der Waals surface area contributed by atoms with Crippen LogP contribution >= 0.6 is 11.8 Å². The first-order chi connectivity index (χ1) is 23.5. The number of aromatic nitrogens is 3. The van der Waals surface area contributed by atoms with Gasteiger partial charge in [0.25, 0.3) is 0 Å². The SMILES string of the molecule is CC1(C)c2c(-c3cccc(-c4nc(-c5ccccc5)nc(-c5ccc(-c6ccccc6)cc5)n4)c3)cccc2-c2ccc3c(c21)OCS3. The van der Waals surface area contributed by atoms with Crippen LogP contribution < -0.4 is 4.74 Å². The van der Waals surface area contributed by atoms with Gasteiger partial charge in [0.1, 0.15) is 11.7 Å². The molecule has 6 aromatic carbocycles. The second-order valence-corrected chi connectivity index (χ2v) is 13.7. The lowest BCUT2D eigenvalue weighted by Gasteiger charge is -2.25. The lowest BCUT2D eigenvalue weighted by molar-refractivity contribution is 0.386. The number of nitrogens with zero attached hydrogens (tertiary/aromatic N) is 3. The van der Waals surface area contributed by atoms with Gasteiger partial charge in [-0.15, -0.1) is 0 Å². The molecule has 0 bridgehead atoms. The fourth-order valence-electron chi connectivity index (χ4n) is 7.25. The van der Waals surface area contributed by atoms with Crippen LogP contribution in [0.2, 0.25) is 0 Å². The minimum absolute atomic E-state index is 0.222. The molecule has 4 nitrogen and oxygen atoms in total. The molecule has 0 N–H and O–H groups in total. The molecule has 1 aliphatic heterocycles. The Morgan fingerprint density at radius 3 is 1.73 bits per heavy atom. The molecule has 1 aromatic heterocycles. The van der Waals surface area contributed by atoms with Crippen molar-refractivity contribution < 1.29 is 4.74 Å². The highest BCUT2D eigenvalue weighted by atomic mass is 32.2. The van der Waals surface area contributed by atoms with Crippen LogP contribution in [0, 0.1) is 0 Å². The van der Waals surface area contributed by atoms with Crippen LogP contribution in [0.15, 0.2) is 144 Å². The molecule has 0 fully saturated rings. The van der Waals surface area contributed by atoms with Crippen LogP contribution in [0.4, 0.5) is 0 Å². The van der Waals surface area contributed by atoms with Crippen molar-refractivity contribution in [2.75, 3.05) is 5.94 Å². The van der Waals surface area contributed by atoms with E-state index in [2.05, 4.69) is 117 Å². The van der Waals surface area contributed by atoms with Crippen molar-refractivity contribution in [2.24, 2.45) is 0 Å². The van der Waals surface area contributed by atoms with Crippen molar-refractivity contribution in [1.82, 2.24) is 15.0 Å². The third kappa shape index (κ3) is 4.73. The fourth-order valence-corrected chi connectivity index (χ4v) is 8.01. The summed E-state index contributed by atoms with van der Waals surface area (Å²) in [6.45, 7) is 4.65. The zero-order valence-corrected chi connectivity index (χ0v) is 27.5. The molecule has 5 heteroatoms. The molecule has 2 aliphatic rings. The molecule has 0 spiro atoms.